The molecule has 1 unspecified atom stereocenters. The van der Waals surface area contributed by atoms with Gasteiger partial charge in [0.25, 0.3) is 0 Å². The highest BCUT2D eigenvalue weighted by atomic mass is 16.7. The first kappa shape index (κ1) is 17.6. The fraction of sp³-hybridized carbons (Fsp3) is 0.867. The summed E-state index contributed by atoms with van der Waals surface area (Å²) in [7, 11) is 3.37. The zero-order chi connectivity index (χ0) is 13.6. The highest BCUT2D eigenvalue weighted by molar-refractivity contribution is 4.77. The molecule has 0 amide bonds. The highest BCUT2D eigenvalue weighted by Gasteiger charge is 2.03. The van der Waals surface area contributed by atoms with Crippen LogP contribution >= 0.6 is 0 Å². The summed E-state index contributed by atoms with van der Waals surface area (Å²) in [6, 6.07) is 0. The number of aliphatic hydroxyl groups is 1. The van der Waals surface area contributed by atoms with E-state index in [1.54, 1.807) is 20.3 Å². The lowest BCUT2D eigenvalue weighted by Gasteiger charge is -2.12. The summed E-state index contributed by atoms with van der Waals surface area (Å²) >= 11 is 0. The van der Waals surface area contributed by atoms with Crippen molar-refractivity contribution in [3.05, 3.63) is 12.7 Å². The van der Waals surface area contributed by atoms with Crippen LogP contribution in [-0.4, -0.2) is 31.7 Å². The monoisotopic (exact) mass is 258 g/mol. The van der Waals surface area contributed by atoms with Crippen LogP contribution in [0, 0.1) is 0 Å². The van der Waals surface area contributed by atoms with E-state index in [2.05, 4.69) is 6.58 Å². The summed E-state index contributed by atoms with van der Waals surface area (Å²) in [4.78, 5) is 0. The zero-order valence-electron chi connectivity index (χ0n) is 12.1. The van der Waals surface area contributed by atoms with Gasteiger partial charge in [-0.15, -0.1) is 6.58 Å². The first-order valence-electron chi connectivity index (χ1n) is 7.10. The molecule has 1 atom stereocenters. The van der Waals surface area contributed by atoms with Crippen LogP contribution in [0.2, 0.25) is 0 Å². The zero-order valence-corrected chi connectivity index (χ0v) is 12.1. The molecule has 18 heavy (non-hydrogen) atoms. The predicted octanol–water partition coefficient (Wildman–Crippen LogP) is 3.66. The van der Waals surface area contributed by atoms with Gasteiger partial charge in [-0.05, 0) is 19.3 Å². The van der Waals surface area contributed by atoms with Gasteiger partial charge in [0.05, 0.1) is 6.10 Å². The van der Waals surface area contributed by atoms with Gasteiger partial charge in [-0.3, -0.25) is 0 Å². The molecule has 1 N–H and O–H groups in total. The molecule has 0 radical (unpaired) electrons. The molecule has 0 aromatic heterocycles. The summed E-state index contributed by atoms with van der Waals surface area (Å²) in [6.45, 7) is 3.57. The fourth-order valence-corrected chi connectivity index (χ4v) is 2.00. The van der Waals surface area contributed by atoms with E-state index in [9.17, 15) is 5.11 Å². The van der Waals surface area contributed by atoms with Crippen LogP contribution in [0.3, 0.4) is 0 Å². The van der Waals surface area contributed by atoms with Crippen LogP contribution in [0.4, 0.5) is 0 Å². The minimum absolute atomic E-state index is 0.0367. The lowest BCUT2D eigenvalue weighted by Crippen LogP contribution is -2.12. The molecule has 0 aromatic rings. The molecule has 0 rings (SSSR count). The summed E-state index contributed by atoms with van der Waals surface area (Å²) in [5.74, 6) is 0. The molecule has 0 saturated heterocycles. The van der Waals surface area contributed by atoms with Gasteiger partial charge < -0.3 is 14.6 Å². The molecular formula is C15H30O3. The van der Waals surface area contributed by atoms with Gasteiger partial charge in [0, 0.05) is 14.2 Å². The second-order valence-electron chi connectivity index (χ2n) is 4.76. The van der Waals surface area contributed by atoms with Crippen molar-refractivity contribution in [1.82, 2.24) is 0 Å². The van der Waals surface area contributed by atoms with Gasteiger partial charge in [-0.2, -0.15) is 0 Å². The third-order valence-electron chi connectivity index (χ3n) is 3.24. The Balaban J connectivity index is 3.14. The number of rotatable bonds is 13. The molecule has 0 saturated carbocycles. The summed E-state index contributed by atoms with van der Waals surface area (Å²) in [5, 5.41) is 9.29. The number of ether oxygens (including phenoxy) is 2. The Morgan fingerprint density at radius 2 is 1.33 bits per heavy atom. The molecule has 3 nitrogen and oxygen atoms in total. The molecule has 0 fully saturated rings. The van der Waals surface area contributed by atoms with Gasteiger partial charge in [0.1, 0.15) is 0 Å². The number of hydrogen-bond acceptors (Lipinski definition) is 3. The molecular weight excluding hydrogens is 228 g/mol. The van der Waals surface area contributed by atoms with Gasteiger partial charge in [-0.25, -0.2) is 0 Å². The SMILES string of the molecule is C=CC(O)CCCCCCCCCC(OC)OC. The third-order valence-corrected chi connectivity index (χ3v) is 3.24. The van der Waals surface area contributed by atoms with Crippen molar-refractivity contribution < 1.29 is 14.6 Å². The van der Waals surface area contributed by atoms with Gasteiger partial charge >= 0.3 is 0 Å². The van der Waals surface area contributed by atoms with Gasteiger partial charge in [0.2, 0.25) is 0 Å². The normalized spacial score (nSPS) is 12.9. The molecule has 0 aliphatic carbocycles. The molecule has 0 aliphatic rings. The third kappa shape index (κ3) is 10.8. The van der Waals surface area contributed by atoms with E-state index in [-0.39, 0.29) is 12.4 Å². The Morgan fingerprint density at radius 3 is 1.78 bits per heavy atom. The lowest BCUT2D eigenvalue weighted by atomic mass is 10.1. The molecule has 0 spiro atoms. The van der Waals surface area contributed by atoms with Crippen molar-refractivity contribution in [1.29, 1.82) is 0 Å². The Bertz CT molecular complexity index is 179. The van der Waals surface area contributed by atoms with E-state index < -0.39 is 0 Å². The average molecular weight is 258 g/mol. The van der Waals surface area contributed by atoms with E-state index in [0.29, 0.717) is 0 Å². The number of unbranched alkanes of at least 4 members (excludes halogenated alkanes) is 6. The second kappa shape index (κ2) is 13.1. The van der Waals surface area contributed by atoms with E-state index in [0.717, 1.165) is 19.3 Å². The van der Waals surface area contributed by atoms with E-state index in [1.807, 2.05) is 0 Å². The van der Waals surface area contributed by atoms with Crippen LogP contribution in [0.15, 0.2) is 12.7 Å². The van der Waals surface area contributed by atoms with Crippen LogP contribution in [0.25, 0.3) is 0 Å². The maximum Gasteiger partial charge on any atom is 0.156 e. The molecule has 0 aromatic carbocycles. The minimum Gasteiger partial charge on any atom is -0.389 e. The van der Waals surface area contributed by atoms with Crippen molar-refractivity contribution in [3.63, 3.8) is 0 Å². The fourth-order valence-electron chi connectivity index (χ4n) is 2.00. The van der Waals surface area contributed by atoms with Crippen LogP contribution in [0.1, 0.15) is 57.8 Å². The number of methoxy groups -OCH3 is 2. The van der Waals surface area contributed by atoms with Gasteiger partial charge in [-0.1, -0.05) is 44.6 Å². The first-order chi connectivity index (χ1) is 8.74. The first-order valence-corrected chi connectivity index (χ1v) is 7.10. The largest absolute Gasteiger partial charge is 0.389 e. The maximum atomic E-state index is 9.29. The maximum absolute atomic E-state index is 9.29. The van der Waals surface area contributed by atoms with Crippen molar-refractivity contribution in [3.8, 4) is 0 Å². The van der Waals surface area contributed by atoms with Gasteiger partial charge in [0.15, 0.2) is 6.29 Å². The van der Waals surface area contributed by atoms with E-state index in [4.69, 9.17) is 9.47 Å². The molecule has 108 valence electrons. The Morgan fingerprint density at radius 1 is 0.889 bits per heavy atom. The molecule has 3 heteroatoms. The summed E-state index contributed by atoms with van der Waals surface area (Å²) in [5.41, 5.74) is 0. The van der Waals surface area contributed by atoms with E-state index in [1.165, 1.54) is 38.5 Å². The van der Waals surface area contributed by atoms with Crippen molar-refractivity contribution in [2.75, 3.05) is 14.2 Å². The standard InChI is InChI=1S/C15H30O3/c1-4-14(16)12-10-8-6-5-7-9-11-13-15(17-2)18-3/h4,14-16H,1,5-13H2,2-3H3. The van der Waals surface area contributed by atoms with Crippen LogP contribution < -0.4 is 0 Å². The van der Waals surface area contributed by atoms with Crippen molar-refractivity contribution in [2.24, 2.45) is 0 Å². The Labute approximate surface area is 112 Å². The van der Waals surface area contributed by atoms with E-state index >= 15 is 0 Å². The quantitative estimate of drug-likeness (QED) is 0.311. The number of hydrogen-bond donors (Lipinski definition) is 1. The Kier molecular flexibility index (Phi) is 12.8. The summed E-state index contributed by atoms with van der Waals surface area (Å²) in [6.07, 6.45) is 11.7. The topological polar surface area (TPSA) is 38.7 Å². The highest BCUT2D eigenvalue weighted by Crippen LogP contribution is 2.12. The molecule has 0 heterocycles. The average Bonchev–Trinajstić information content (AvgIpc) is 2.40. The molecule has 0 aliphatic heterocycles. The Hall–Kier alpha value is -0.380. The molecule has 0 bridgehead atoms. The minimum atomic E-state index is -0.315. The van der Waals surface area contributed by atoms with Crippen LogP contribution in [-0.2, 0) is 9.47 Å². The van der Waals surface area contributed by atoms with Crippen LogP contribution in [0.5, 0.6) is 0 Å². The smallest absolute Gasteiger partial charge is 0.156 e. The predicted molar refractivity (Wildman–Crippen MR) is 75.6 cm³/mol. The number of aliphatic hydroxyl groups excluding tert-OH is 1. The van der Waals surface area contributed by atoms with Crippen molar-refractivity contribution in [2.45, 2.75) is 70.2 Å². The summed E-state index contributed by atoms with van der Waals surface area (Å²) < 4.78 is 10.3. The van der Waals surface area contributed by atoms with Crippen molar-refractivity contribution >= 4 is 0 Å². The lowest BCUT2D eigenvalue weighted by molar-refractivity contribution is -0.107. The second-order valence-corrected chi connectivity index (χ2v) is 4.76.